The normalized spacial score (nSPS) is 11.8. The number of primary amides is 1. The molecule has 2 heteroatoms. The summed E-state index contributed by atoms with van der Waals surface area (Å²) in [5.74, 6) is -0.377. The lowest BCUT2D eigenvalue weighted by molar-refractivity contribution is 0.100. The molecule has 1 aliphatic carbocycles. The molecule has 0 atom stereocenters. The second-order valence-electron chi connectivity index (χ2n) is 5.58. The van der Waals surface area contributed by atoms with Gasteiger partial charge in [-0.05, 0) is 45.9 Å². The maximum Gasteiger partial charge on any atom is 0.249 e. The highest BCUT2D eigenvalue weighted by atomic mass is 16.1. The Labute approximate surface area is 129 Å². The minimum absolute atomic E-state index is 0.377. The molecule has 0 aromatic heterocycles. The van der Waals surface area contributed by atoms with Crippen molar-refractivity contribution in [3.63, 3.8) is 0 Å². The quantitative estimate of drug-likeness (QED) is 0.594. The van der Waals surface area contributed by atoms with Crippen molar-refractivity contribution in [3.8, 4) is 22.3 Å². The number of hydrogen-bond acceptors (Lipinski definition) is 1. The van der Waals surface area contributed by atoms with Gasteiger partial charge in [-0.25, -0.2) is 0 Å². The maximum atomic E-state index is 11.9. The third-order valence-corrected chi connectivity index (χ3v) is 4.32. The highest BCUT2D eigenvalue weighted by molar-refractivity contribution is 6.03. The molecule has 0 radical (unpaired) electrons. The van der Waals surface area contributed by atoms with Crippen molar-refractivity contribution in [2.75, 3.05) is 0 Å². The predicted molar refractivity (Wildman–Crippen MR) is 88.6 cm³/mol. The Morgan fingerprint density at radius 3 is 2.32 bits per heavy atom. The average molecular weight is 285 g/mol. The van der Waals surface area contributed by atoms with E-state index >= 15 is 0 Å². The summed E-state index contributed by atoms with van der Waals surface area (Å²) in [4.78, 5) is 11.9. The molecule has 2 nitrogen and oxygen atoms in total. The summed E-state index contributed by atoms with van der Waals surface area (Å²) in [5, 5.41) is 0. The summed E-state index contributed by atoms with van der Waals surface area (Å²) in [5.41, 5.74) is 13.2. The minimum atomic E-state index is -0.377. The summed E-state index contributed by atoms with van der Waals surface area (Å²) < 4.78 is 0. The van der Waals surface area contributed by atoms with Gasteiger partial charge in [-0.2, -0.15) is 0 Å². The third kappa shape index (κ3) is 1.85. The van der Waals surface area contributed by atoms with E-state index in [4.69, 9.17) is 5.73 Å². The van der Waals surface area contributed by atoms with E-state index in [1.807, 2.05) is 42.5 Å². The van der Waals surface area contributed by atoms with E-state index in [1.165, 1.54) is 22.3 Å². The summed E-state index contributed by atoms with van der Waals surface area (Å²) in [6, 6.07) is 22.3. The minimum Gasteiger partial charge on any atom is -0.366 e. The molecule has 4 rings (SSSR count). The number of fused-ring (bicyclic) bond motifs is 3. The Morgan fingerprint density at radius 2 is 1.55 bits per heavy atom. The first-order chi connectivity index (χ1) is 10.8. The Bertz CT molecular complexity index is 881. The molecule has 0 heterocycles. The lowest BCUT2D eigenvalue weighted by Gasteiger charge is -2.13. The first kappa shape index (κ1) is 12.8. The molecular weight excluding hydrogens is 270 g/mol. The Morgan fingerprint density at radius 1 is 0.818 bits per heavy atom. The van der Waals surface area contributed by atoms with Crippen molar-refractivity contribution < 1.29 is 4.79 Å². The third-order valence-electron chi connectivity index (χ3n) is 4.32. The van der Waals surface area contributed by atoms with Crippen molar-refractivity contribution in [1.82, 2.24) is 0 Å². The van der Waals surface area contributed by atoms with E-state index in [0.717, 1.165) is 17.5 Å². The summed E-state index contributed by atoms with van der Waals surface area (Å²) >= 11 is 0. The van der Waals surface area contributed by atoms with Gasteiger partial charge in [0.2, 0.25) is 5.91 Å². The number of carbonyl (C=O) groups excluding carboxylic acids is 1. The highest BCUT2D eigenvalue weighted by Crippen LogP contribution is 2.42. The molecule has 0 saturated carbocycles. The smallest absolute Gasteiger partial charge is 0.249 e. The largest absolute Gasteiger partial charge is 0.366 e. The van der Waals surface area contributed by atoms with Crippen LogP contribution in [0.15, 0.2) is 66.7 Å². The zero-order chi connectivity index (χ0) is 15.1. The van der Waals surface area contributed by atoms with E-state index < -0.39 is 0 Å². The number of rotatable bonds is 2. The van der Waals surface area contributed by atoms with Crippen LogP contribution in [0, 0.1) is 0 Å². The Kier molecular flexibility index (Phi) is 2.83. The van der Waals surface area contributed by atoms with Gasteiger partial charge in [-0.1, -0.05) is 60.7 Å². The van der Waals surface area contributed by atoms with E-state index in [1.54, 1.807) is 0 Å². The number of amides is 1. The van der Waals surface area contributed by atoms with Gasteiger partial charge >= 0.3 is 0 Å². The van der Waals surface area contributed by atoms with E-state index in [2.05, 4.69) is 24.3 Å². The SMILES string of the molecule is NC(=O)c1ccc2c(c1-c1ccccc1)Cc1ccccc1-2. The summed E-state index contributed by atoms with van der Waals surface area (Å²) in [6.07, 6.45) is 0.844. The second-order valence-corrected chi connectivity index (χ2v) is 5.58. The Hall–Kier alpha value is -2.87. The van der Waals surface area contributed by atoms with Crippen molar-refractivity contribution in [2.24, 2.45) is 5.73 Å². The maximum absolute atomic E-state index is 11.9. The molecule has 0 unspecified atom stereocenters. The Balaban J connectivity index is 2.03. The molecule has 0 saturated heterocycles. The molecule has 3 aromatic rings. The van der Waals surface area contributed by atoms with Crippen molar-refractivity contribution >= 4 is 5.91 Å². The number of hydrogen-bond donors (Lipinski definition) is 1. The van der Waals surface area contributed by atoms with Gasteiger partial charge in [0.05, 0.1) is 0 Å². The standard InChI is InChI=1S/C20H15NO/c21-20(22)17-11-10-16-15-9-5-4-8-14(15)12-18(16)19(17)13-6-2-1-3-7-13/h1-11H,12H2,(H2,21,22). The molecule has 1 amide bonds. The van der Waals surface area contributed by atoms with Crippen molar-refractivity contribution in [1.29, 1.82) is 0 Å². The van der Waals surface area contributed by atoms with E-state index in [9.17, 15) is 4.79 Å². The fourth-order valence-electron chi connectivity index (χ4n) is 3.35. The molecule has 0 bridgehead atoms. The van der Waals surface area contributed by atoms with Crippen LogP contribution in [0.3, 0.4) is 0 Å². The lowest BCUT2D eigenvalue weighted by atomic mass is 9.91. The fraction of sp³-hybridized carbons (Fsp3) is 0.0500. The van der Waals surface area contributed by atoms with Gasteiger partial charge in [-0.3, -0.25) is 4.79 Å². The first-order valence-corrected chi connectivity index (χ1v) is 7.35. The average Bonchev–Trinajstić information content (AvgIpc) is 2.93. The summed E-state index contributed by atoms with van der Waals surface area (Å²) in [6.45, 7) is 0. The van der Waals surface area contributed by atoms with Crippen LogP contribution < -0.4 is 5.73 Å². The molecular formula is C20H15NO. The number of nitrogens with two attached hydrogens (primary N) is 1. The highest BCUT2D eigenvalue weighted by Gasteiger charge is 2.24. The molecule has 2 N–H and O–H groups in total. The molecule has 106 valence electrons. The van der Waals surface area contributed by atoms with Crippen LogP contribution in [-0.2, 0) is 6.42 Å². The zero-order valence-electron chi connectivity index (χ0n) is 12.0. The molecule has 22 heavy (non-hydrogen) atoms. The van der Waals surface area contributed by atoms with E-state index in [-0.39, 0.29) is 5.91 Å². The van der Waals surface area contributed by atoms with Gasteiger partial charge in [-0.15, -0.1) is 0 Å². The van der Waals surface area contributed by atoms with Crippen LogP contribution in [0.25, 0.3) is 22.3 Å². The number of benzene rings is 3. The van der Waals surface area contributed by atoms with Crippen LogP contribution in [0.5, 0.6) is 0 Å². The molecule has 0 aliphatic heterocycles. The van der Waals surface area contributed by atoms with Gasteiger partial charge in [0.25, 0.3) is 0 Å². The lowest BCUT2D eigenvalue weighted by Crippen LogP contribution is -2.13. The summed E-state index contributed by atoms with van der Waals surface area (Å²) in [7, 11) is 0. The van der Waals surface area contributed by atoms with Crippen molar-refractivity contribution in [2.45, 2.75) is 6.42 Å². The zero-order valence-corrected chi connectivity index (χ0v) is 12.0. The van der Waals surface area contributed by atoms with Gasteiger partial charge in [0.1, 0.15) is 0 Å². The van der Waals surface area contributed by atoms with Crippen LogP contribution in [-0.4, -0.2) is 5.91 Å². The monoisotopic (exact) mass is 285 g/mol. The fourth-order valence-corrected chi connectivity index (χ4v) is 3.35. The molecule has 0 fully saturated rings. The first-order valence-electron chi connectivity index (χ1n) is 7.35. The van der Waals surface area contributed by atoms with Crippen molar-refractivity contribution in [3.05, 3.63) is 83.4 Å². The van der Waals surface area contributed by atoms with Crippen LogP contribution >= 0.6 is 0 Å². The van der Waals surface area contributed by atoms with Crippen LogP contribution in [0.4, 0.5) is 0 Å². The van der Waals surface area contributed by atoms with Crippen LogP contribution in [0.2, 0.25) is 0 Å². The van der Waals surface area contributed by atoms with E-state index in [0.29, 0.717) is 5.56 Å². The molecule has 3 aromatic carbocycles. The van der Waals surface area contributed by atoms with Gasteiger partial charge in [0.15, 0.2) is 0 Å². The van der Waals surface area contributed by atoms with Gasteiger partial charge in [0, 0.05) is 5.56 Å². The molecule has 0 spiro atoms. The second kappa shape index (κ2) is 4.85. The topological polar surface area (TPSA) is 43.1 Å². The predicted octanol–water partition coefficient (Wildman–Crippen LogP) is 4.02. The van der Waals surface area contributed by atoms with Gasteiger partial charge < -0.3 is 5.73 Å². The molecule has 1 aliphatic rings. The number of carbonyl (C=O) groups is 1. The van der Waals surface area contributed by atoms with Crippen LogP contribution in [0.1, 0.15) is 21.5 Å².